The number of nitrogens with two attached hydrogens (primary N) is 3. The van der Waals surface area contributed by atoms with Crippen molar-refractivity contribution in [3.8, 4) is 0 Å². The Bertz CT molecular complexity index is 3540. The van der Waals surface area contributed by atoms with Gasteiger partial charge in [-0.15, -0.1) is 0 Å². The molecule has 0 radical (unpaired) electrons. The van der Waals surface area contributed by atoms with Crippen LogP contribution in [-0.2, 0) is 14.5 Å². The van der Waals surface area contributed by atoms with E-state index in [1.165, 1.54) is 39.9 Å². The van der Waals surface area contributed by atoms with Gasteiger partial charge in [-0.1, -0.05) is 15.5 Å². The fourth-order valence-corrected chi connectivity index (χ4v) is 10.8. The van der Waals surface area contributed by atoms with Gasteiger partial charge >= 0.3 is 19.8 Å². The van der Waals surface area contributed by atoms with Crippen molar-refractivity contribution >= 4 is 105 Å². The zero-order valence-corrected chi connectivity index (χ0v) is 48.7. The summed E-state index contributed by atoms with van der Waals surface area (Å²) in [4.78, 5) is 104. The van der Waals surface area contributed by atoms with Crippen molar-refractivity contribution in [2.45, 2.75) is 56.7 Å². The summed E-state index contributed by atoms with van der Waals surface area (Å²) in [6.45, 7) is 3.14. The Balaban J connectivity index is 0.000000152. The van der Waals surface area contributed by atoms with Gasteiger partial charge in [0.05, 0.1) is 87.5 Å². The molecule has 3 aliphatic heterocycles. The van der Waals surface area contributed by atoms with Crippen LogP contribution in [0.25, 0.3) is 33.1 Å². The number of carbonyl (C=O) groups is 3. The third kappa shape index (κ3) is 12.2. The van der Waals surface area contributed by atoms with Crippen LogP contribution in [0.5, 0.6) is 0 Å². The van der Waals surface area contributed by atoms with Crippen LogP contribution in [0.4, 0.5) is 30.6 Å². The SMILES string of the molecule is CO/N=C1/CN(c2nc3c(cc2F)c(=O)c(C(=O)[O-])cn3C2CC2)CC1CN.CO/N=C1/CN(c2nc3c(cc2F)c(=O)c(C(=O)[O-])cn3C2CC2)CC1CN.CO/N=C1/CN(c2nc3c(cc2F)c(=O)c(C(=O)[O-])cn3C2CC2)CC1CN.[Ga+3]. The van der Waals surface area contributed by atoms with Crippen molar-refractivity contribution < 1.29 is 57.4 Å². The summed E-state index contributed by atoms with van der Waals surface area (Å²) in [5.74, 6) is -6.96. The third-order valence-corrected chi connectivity index (χ3v) is 15.5. The van der Waals surface area contributed by atoms with Crippen LogP contribution in [0.1, 0.15) is 87.7 Å². The molecule has 0 bridgehead atoms. The van der Waals surface area contributed by atoms with Gasteiger partial charge in [0.2, 0.25) is 0 Å². The zero-order valence-electron chi connectivity index (χ0n) is 46.2. The summed E-state index contributed by atoms with van der Waals surface area (Å²) < 4.78 is 49.5. The van der Waals surface area contributed by atoms with E-state index in [0.717, 1.165) is 56.7 Å². The minimum absolute atomic E-state index is 0. The Labute approximate surface area is 493 Å². The summed E-state index contributed by atoms with van der Waals surface area (Å²) >= 11 is 0. The maximum atomic E-state index is 14.9. The van der Waals surface area contributed by atoms with Crippen LogP contribution in [0.15, 0.2) is 66.6 Å². The summed E-state index contributed by atoms with van der Waals surface area (Å²) in [7, 11) is 4.30. The molecule has 3 aliphatic carbocycles. The van der Waals surface area contributed by atoms with Crippen LogP contribution in [0.2, 0.25) is 0 Å². The smallest absolute Gasteiger partial charge is 0.545 e. The standard InChI is InChI=1S/3C18H20FN5O4.Ga/c3*1-28-22-14-8-23(6-9(14)5-20)17-13(19)4-11-15(25)12(18(26)27)7-24(10-2-3-10)16(11)21-17;/h3*4,7,9-10H,2-3,5-6,8,20H2,1H3,(H,26,27);/q;;;+3/p-3/b3*22-14-;. The molecule has 3 unspecified atom stereocenters. The summed E-state index contributed by atoms with van der Waals surface area (Å²) in [6.07, 6.45) is 8.76. The number of oxime groups is 3. The van der Waals surface area contributed by atoms with Crippen molar-refractivity contribution in [1.29, 1.82) is 0 Å². The molecule has 6 aliphatic rings. The van der Waals surface area contributed by atoms with E-state index in [2.05, 4.69) is 30.4 Å². The molecule has 6 fully saturated rings. The normalized spacial score (nSPS) is 20.6. The van der Waals surface area contributed by atoms with Gasteiger partial charge < -0.3 is 89.8 Å². The van der Waals surface area contributed by atoms with E-state index in [4.69, 9.17) is 31.7 Å². The second-order valence-electron chi connectivity index (χ2n) is 21.1. The van der Waals surface area contributed by atoms with Gasteiger partial charge in [0.25, 0.3) is 0 Å². The number of nitrogens with zero attached hydrogens (tertiary/aromatic N) is 12. The third-order valence-electron chi connectivity index (χ3n) is 15.5. The monoisotopic (exact) mass is 1230 g/mol. The number of pyridine rings is 6. The zero-order chi connectivity index (χ0) is 60.0. The Morgan fingerprint density at radius 1 is 0.506 bits per heavy atom. The topological polar surface area (TPSA) is 378 Å². The number of rotatable bonds is 15. The van der Waals surface area contributed by atoms with Crippen molar-refractivity contribution in [3.63, 3.8) is 0 Å². The molecule has 3 saturated heterocycles. The van der Waals surface area contributed by atoms with Crippen molar-refractivity contribution in [1.82, 2.24) is 28.7 Å². The summed E-state index contributed by atoms with van der Waals surface area (Å²) in [5, 5.41) is 45.6. The fraction of sp³-hybridized carbons (Fsp3) is 0.444. The Kier molecular flexibility index (Phi) is 18.0. The van der Waals surface area contributed by atoms with Crippen molar-refractivity contribution in [3.05, 3.63) is 102 Å². The van der Waals surface area contributed by atoms with Gasteiger partial charge in [-0.05, 0) is 56.7 Å². The molecule has 0 spiro atoms. The van der Waals surface area contributed by atoms with E-state index < -0.39 is 68.3 Å². The first-order valence-electron chi connectivity index (χ1n) is 26.9. The number of aromatic carboxylic acids is 3. The number of hydrogen-bond acceptors (Lipinski definition) is 24. The Morgan fingerprint density at radius 3 is 0.953 bits per heavy atom. The predicted molar refractivity (Wildman–Crippen MR) is 299 cm³/mol. The molecule has 31 heteroatoms. The van der Waals surface area contributed by atoms with E-state index in [1.54, 1.807) is 28.4 Å². The largest absolute Gasteiger partial charge is 3.00 e. The number of carboxylic acid groups (broad SMARTS) is 3. The first-order chi connectivity index (χ1) is 40.3. The van der Waals surface area contributed by atoms with Crippen molar-refractivity contribution in [2.75, 3.05) is 94.9 Å². The summed E-state index contributed by atoms with van der Waals surface area (Å²) in [5.41, 5.74) is 16.3. The number of halogens is 3. The van der Waals surface area contributed by atoms with Crippen LogP contribution in [-0.4, -0.2) is 164 Å². The second-order valence-corrected chi connectivity index (χ2v) is 21.1. The molecule has 27 nitrogen and oxygen atoms in total. The first kappa shape index (κ1) is 61.2. The van der Waals surface area contributed by atoms with Crippen LogP contribution >= 0.6 is 0 Å². The van der Waals surface area contributed by atoms with Gasteiger partial charge in [0.15, 0.2) is 51.2 Å². The van der Waals surface area contributed by atoms with Crippen LogP contribution < -0.4 is 63.5 Å². The fourth-order valence-electron chi connectivity index (χ4n) is 10.8. The molecule has 444 valence electrons. The maximum Gasteiger partial charge on any atom is 3.00 e. The Morgan fingerprint density at radius 2 is 0.753 bits per heavy atom. The van der Waals surface area contributed by atoms with E-state index >= 15 is 0 Å². The number of fused-ring (bicyclic) bond motifs is 3. The second kappa shape index (κ2) is 25.1. The van der Waals surface area contributed by atoms with Gasteiger partial charge in [-0.25, -0.2) is 28.1 Å². The van der Waals surface area contributed by atoms with Gasteiger partial charge in [0.1, 0.15) is 38.3 Å². The average Bonchev–Trinajstić information content (AvgIpc) is 2.73. The first-order valence-corrected chi connectivity index (χ1v) is 26.9. The van der Waals surface area contributed by atoms with Gasteiger partial charge in [-0.2, -0.15) is 0 Å². The molecule has 0 aromatic carbocycles. The number of anilines is 3. The molecule has 12 rings (SSSR count). The maximum absolute atomic E-state index is 14.9. The van der Waals surface area contributed by atoms with Crippen LogP contribution in [0.3, 0.4) is 0 Å². The van der Waals surface area contributed by atoms with E-state index in [-0.39, 0.29) is 106 Å². The Hall–Kier alpha value is -8.39. The molecule has 6 aromatic rings. The van der Waals surface area contributed by atoms with E-state index in [9.17, 15) is 57.3 Å². The molecular weight excluding hydrogens is 1180 g/mol. The number of carboxylic acids is 3. The average molecular weight is 1230 g/mol. The van der Waals surface area contributed by atoms with Crippen LogP contribution in [0, 0.1) is 35.2 Å². The number of aromatic nitrogens is 6. The molecule has 9 heterocycles. The molecule has 3 saturated carbocycles. The molecule has 3 atom stereocenters. The molecular formula is C54H57F3GaN15O12. The van der Waals surface area contributed by atoms with Gasteiger partial charge in [-0.3, -0.25) is 14.4 Å². The predicted octanol–water partition coefficient (Wildman–Crippen LogP) is -1.49. The quantitative estimate of drug-likeness (QED) is 0.0779. The number of hydrogen-bond donors (Lipinski definition) is 3. The summed E-state index contributed by atoms with van der Waals surface area (Å²) in [6, 6.07) is 3.26. The molecule has 6 N–H and O–H groups in total. The molecule has 85 heavy (non-hydrogen) atoms. The van der Waals surface area contributed by atoms with E-state index in [1.807, 2.05) is 0 Å². The van der Waals surface area contributed by atoms with E-state index in [0.29, 0.717) is 76.0 Å². The minimum Gasteiger partial charge on any atom is -0.545 e. The molecule has 6 aromatic heterocycles. The van der Waals surface area contributed by atoms with Crippen molar-refractivity contribution in [2.24, 2.45) is 50.4 Å². The minimum atomic E-state index is -1.59. The number of carbonyl (C=O) groups excluding carboxylic acids is 3. The van der Waals surface area contributed by atoms with Gasteiger partial charge in [0, 0.05) is 93.7 Å². The molecule has 0 amide bonds.